The van der Waals surface area contributed by atoms with Crippen molar-refractivity contribution >= 4 is 22.7 Å². The highest BCUT2D eigenvalue weighted by Gasteiger charge is 2.55. The van der Waals surface area contributed by atoms with E-state index in [0.29, 0.717) is 12.4 Å². The average Bonchev–Trinajstić information content (AvgIpc) is 3.50. The third-order valence-electron chi connectivity index (χ3n) is 7.19. The van der Waals surface area contributed by atoms with E-state index in [0.717, 1.165) is 33.2 Å². The van der Waals surface area contributed by atoms with E-state index in [4.69, 9.17) is 4.99 Å². The van der Waals surface area contributed by atoms with Gasteiger partial charge in [-0.1, -0.05) is 109 Å². The molecule has 5 nitrogen and oxygen atoms in total. The zero-order chi connectivity index (χ0) is 25.2. The zero-order valence-corrected chi connectivity index (χ0v) is 20.3. The molecule has 2 N–H and O–H groups in total. The van der Waals surface area contributed by atoms with Crippen LogP contribution < -0.4 is 0 Å². The third-order valence-corrected chi connectivity index (χ3v) is 7.19. The summed E-state index contributed by atoms with van der Waals surface area (Å²) in [5.74, 6) is -0.240. The number of nitrogens with one attached hydrogen (secondary N) is 1. The number of aromatic nitrogens is 1. The van der Waals surface area contributed by atoms with E-state index in [1.807, 2.05) is 109 Å². The lowest BCUT2D eigenvalue weighted by Gasteiger charge is -2.36. The van der Waals surface area contributed by atoms with Gasteiger partial charge in [0.1, 0.15) is 5.84 Å². The third kappa shape index (κ3) is 4.08. The highest BCUT2D eigenvalue weighted by molar-refractivity contribution is 6.04. The number of fused-ring (bicyclic) bond motifs is 1. The summed E-state index contributed by atoms with van der Waals surface area (Å²) in [7, 11) is 0. The van der Waals surface area contributed by atoms with Gasteiger partial charge in [0.25, 0.3) is 0 Å². The van der Waals surface area contributed by atoms with Crippen molar-refractivity contribution in [1.29, 1.82) is 0 Å². The van der Waals surface area contributed by atoms with Crippen LogP contribution in [0.3, 0.4) is 0 Å². The van der Waals surface area contributed by atoms with Crippen LogP contribution in [0.2, 0.25) is 0 Å². The van der Waals surface area contributed by atoms with Gasteiger partial charge in [0.2, 0.25) is 0 Å². The molecule has 0 spiro atoms. The first-order chi connectivity index (χ1) is 18.2. The maximum absolute atomic E-state index is 13.4. The van der Waals surface area contributed by atoms with Crippen molar-refractivity contribution in [3.63, 3.8) is 0 Å². The fourth-order valence-corrected chi connectivity index (χ4v) is 5.49. The number of aliphatic carboxylic acids is 1. The molecule has 2 heterocycles. The molecule has 2 atom stereocenters. The lowest BCUT2D eigenvalue weighted by Crippen LogP contribution is -2.47. The van der Waals surface area contributed by atoms with Crippen LogP contribution in [0, 0.1) is 0 Å². The number of benzene rings is 4. The predicted molar refractivity (Wildman–Crippen MR) is 147 cm³/mol. The van der Waals surface area contributed by atoms with Crippen LogP contribution in [0.1, 0.15) is 28.3 Å². The SMILES string of the molecule is O=C(O)[C@@]1(Cc2c[nH]c3ccccc23)N=C(c2ccccc2)N(Cc2ccccc2)[C@H]1c1ccccc1. The van der Waals surface area contributed by atoms with Gasteiger partial charge >= 0.3 is 5.97 Å². The minimum Gasteiger partial charge on any atom is -0.479 e. The molecule has 0 unspecified atom stereocenters. The van der Waals surface area contributed by atoms with Crippen molar-refractivity contribution in [3.05, 3.63) is 144 Å². The van der Waals surface area contributed by atoms with Crippen LogP contribution in [-0.4, -0.2) is 32.3 Å². The van der Waals surface area contributed by atoms with Gasteiger partial charge in [0.05, 0.1) is 6.04 Å². The molecule has 5 aromatic rings. The van der Waals surface area contributed by atoms with Crippen LogP contribution in [0.15, 0.2) is 126 Å². The summed E-state index contributed by atoms with van der Waals surface area (Å²) in [6, 6.07) is 37.5. The second kappa shape index (κ2) is 9.43. The summed E-state index contributed by atoms with van der Waals surface area (Å²) in [4.78, 5) is 24.0. The van der Waals surface area contributed by atoms with Crippen LogP contribution in [0.4, 0.5) is 0 Å². The van der Waals surface area contributed by atoms with E-state index in [9.17, 15) is 9.90 Å². The van der Waals surface area contributed by atoms with E-state index < -0.39 is 17.6 Å². The monoisotopic (exact) mass is 485 g/mol. The molecule has 0 bridgehead atoms. The summed E-state index contributed by atoms with van der Waals surface area (Å²) in [5.41, 5.74) is 3.43. The Morgan fingerprint density at radius 1 is 0.838 bits per heavy atom. The second-order valence-electron chi connectivity index (χ2n) is 9.49. The first-order valence-electron chi connectivity index (χ1n) is 12.4. The van der Waals surface area contributed by atoms with Gasteiger partial charge in [-0.2, -0.15) is 0 Å². The van der Waals surface area contributed by atoms with E-state index >= 15 is 0 Å². The summed E-state index contributed by atoms with van der Waals surface area (Å²) in [5, 5.41) is 12.0. The van der Waals surface area contributed by atoms with E-state index in [2.05, 4.69) is 22.0 Å². The highest BCUT2D eigenvalue weighted by atomic mass is 16.4. The van der Waals surface area contributed by atoms with Gasteiger partial charge in [-0.25, -0.2) is 9.79 Å². The van der Waals surface area contributed by atoms with Gasteiger partial charge in [-0.3, -0.25) is 0 Å². The Hall–Kier alpha value is -4.64. The number of para-hydroxylation sites is 1. The Morgan fingerprint density at radius 3 is 2.16 bits per heavy atom. The number of carboxylic acid groups (broad SMARTS) is 1. The minimum absolute atomic E-state index is 0.257. The van der Waals surface area contributed by atoms with Gasteiger partial charge < -0.3 is 15.0 Å². The van der Waals surface area contributed by atoms with Crippen molar-refractivity contribution in [2.24, 2.45) is 4.99 Å². The largest absolute Gasteiger partial charge is 0.479 e. The number of nitrogens with zero attached hydrogens (tertiary/aromatic N) is 2. The molecule has 0 radical (unpaired) electrons. The Morgan fingerprint density at radius 2 is 1.46 bits per heavy atom. The quantitative estimate of drug-likeness (QED) is 0.287. The van der Waals surface area contributed by atoms with E-state index in [1.165, 1.54) is 0 Å². The Bertz CT molecular complexity index is 1560. The van der Waals surface area contributed by atoms with E-state index in [1.54, 1.807) is 0 Å². The maximum Gasteiger partial charge on any atom is 0.334 e. The molecular formula is C32H27N3O2. The first-order valence-corrected chi connectivity index (χ1v) is 12.4. The molecule has 0 saturated heterocycles. The minimum atomic E-state index is -1.42. The van der Waals surface area contributed by atoms with Gasteiger partial charge in [0, 0.05) is 35.6 Å². The normalized spacial score (nSPS) is 19.2. The Labute approximate surface area is 215 Å². The number of rotatable bonds is 7. The highest BCUT2D eigenvalue weighted by Crippen LogP contribution is 2.45. The molecule has 37 heavy (non-hydrogen) atoms. The molecule has 0 fully saturated rings. The number of amidine groups is 1. The van der Waals surface area contributed by atoms with Crippen molar-refractivity contribution in [2.45, 2.75) is 24.5 Å². The number of H-pyrrole nitrogens is 1. The maximum atomic E-state index is 13.4. The van der Waals surface area contributed by atoms with Crippen molar-refractivity contribution in [2.75, 3.05) is 0 Å². The van der Waals surface area contributed by atoms with Gasteiger partial charge in [-0.15, -0.1) is 0 Å². The Kier molecular flexibility index (Phi) is 5.81. The standard InChI is InChI=1S/C32H27N3O2/c36-31(37)32(20-26-21-33-28-19-11-10-18-27(26)28)29(24-14-6-2-7-15-24)35(22-23-12-4-1-5-13-23)30(34-32)25-16-8-3-9-17-25/h1-19,21,29,33H,20,22H2,(H,36,37)/t29-,32-/m0/s1. The molecule has 5 heteroatoms. The molecule has 0 amide bonds. The molecule has 0 saturated carbocycles. The Balaban J connectivity index is 1.57. The van der Waals surface area contributed by atoms with Gasteiger partial charge in [-0.05, 0) is 22.8 Å². The van der Waals surface area contributed by atoms with Gasteiger partial charge in [0.15, 0.2) is 5.54 Å². The van der Waals surface area contributed by atoms with Crippen LogP contribution in [0.5, 0.6) is 0 Å². The molecule has 4 aromatic carbocycles. The van der Waals surface area contributed by atoms with Crippen LogP contribution in [-0.2, 0) is 17.8 Å². The molecular weight excluding hydrogens is 458 g/mol. The molecule has 1 aromatic heterocycles. The molecule has 1 aliphatic rings. The van der Waals surface area contributed by atoms with Crippen molar-refractivity contribution < 1.29 is 9.90 Å². The average molecular weight is 486 g/mol. The first kappa shape index (κ1) is 22.8. The summed E-state index contributed by atoms with van der Waals surface area (Å²) < 4.78 is 0. The van der Waals surface area contributed by atoms with Crippen molar-refractivity contribution in [3.8, 4) is 0 Å². The summed E-state index contributed by atoms with van der Waals surface area (Å²) in [6.45, 7) is 0.539. The fraction of sp³-hybridized carbons (Fsp3) is 0.125. The number of carboxylic acids is 1. The van der Waals surface area contributed by atoms with Crippen LogP contribution in [0.25, 0.3) is 10.9 Å². The molecule has 1 aliphatic heterocycles. The summed E-state index contributed by atoms with van der Waals surface area (Å²) in [6.07, 6.45) is 2.18. The molecule has 182 valence electrons. The lowest BCUT2D eigenvalue weighted by molar-refractivity contribution is -0.144. The number of aromatic amines is 1. The number of carbonyl (C=O) groups is 1. The number of aliphatic imine (C=N–C) groups is 1. The van der Waals surface area contributed by atoms with Crippen molar-refractivity contribution in [1.82, 2.24) is 9.88 Å². The number of hydrogen-bond acceptors (Lipinski definition) is 3. The van der Waals surface area contributed by atoms with Crippen LogP contribution >= 0.6 is 0 Å². The smallest absolute Gasteiger partial charge is 0.334 e. The second-order valence-corrected chi connectivity index (χ2v) is 9.49. The summed E-state index contributed by atoms with van der Waals surface area (Å²) >= 11 is 0. The number of hydrogen-bond donors (Lipinski definition) is 2. The zero-order valence-electron chi connectivity index (χ0n) is 20.3. The lowest BCUT2D eigenvalue weighted by atomic mass is 9.80. The topological polar surface area (TPSA) is 68.7 Å². The molecule has 6 rings (SSSR count). The fourth-order valence-electron chi connectivity index (χ4n) is 5.49. The predicted octanol–water partition coefficient (Wildman–Crippen LogP) is 6.24. The molecule has 0 aliphatic carbocycles. The van der Waals surface area contributed by atoms with E-state index in [-0.39, 0.29) is 6.42 Å².